The Balaban J connectivity index is 0. The Kier molecular flexibility index (Phi) is 20.9. The molecule has 1 aliphatic heterocycles. The molecule has 0 radical (unpaired) electrons. The number of hydrogen-bond acceptors (Lipinski definition) is 2. The van der Waals surface area contributed by atoms with Crippen molar-refractivity contribution in [2.45, 2.75) is 27.7 Å². The zero-order chi connectivity index (χ0) is 8.24. The van der Waals surface area contributed by atoms with Gasteiger partial charge in [0.15, 0.2) is 0 Å². The molecule has 0 aliphatic carbocycles. The fourth-order valence-electron chi connectivity index (χ4n) is 0.516. The maximum absolute atomic E-state index is 3.26. The van der Waals surface area contributed by atoms with E-state index in [1.54, 1.807) is 0 Å². The Morgan fingerprint density at radius 3 is 1.40 bits per heavy atom. The SMILES string of the molecule is C1CSCCN1.CC.CC. The van der Waals surface area contributed by atoms with E-state index < -0.39 is 0 Å². The minimum atomic E-state index is 1.21. The van der Waals surface area contributed by atoms with E-state index >= 15 is 0 Å². The summed E-state index contributed by atoms with van der Waals surface area (Å²) in [5, 5.41) is 3.26. The normalized spacial score (nSPS) is 15.6. The van der Waals surface area contributed by atoms with Crippen molar-refractivity contribution in [1.82, 2.24) is 5.32 Å². The molecule has 0 aromatic carbocycles. The summed E-state index contributed by atoms with van der Waals surface area (Å²) in [6.45, 7) is 10.4. The van der Waals surface area contributed by atoms with Crippen molar-refractivity contribution < 1.29 is 0 Å². The third kappa shape index (κ3) is 11.2. The van der Waals surface area contributed by atoms with E-state index in [0.29, 0.717) is 0 Å². The topological polar surface area (TPSA) is 12.0 Å². The highest BCUT2D eigenvalue weighted by Gasteiger charge is 1.93. The largest absolute Gasteiger partial charge is 0.315 e. The van der Waals surface area contributed by atoms with Gasteiger partial charge in [0, 0.05) is 24.6 Å². The Labute approximate surface area is 70.0 Å². The molecule has 1 saturated heterocycles. The lowest BCUT2D eigenvalue weighted by molar-refractivity contribution is 0.756. The molecule has 0 aromatic heterocycles. The molecule has 64 valence electrons. The lowest BCUT2D eigenvalue weighted by atomic mass is 10.6. The van der Waals surface area contributed by atoms with Crippen LogP contribution in [0.5, 0.6) is 0 Å². The first kappa shape index (κ1) is 12.9. The van der Waals surface area contributed by atoms with Gasteiger partial charge in [-0.25, -0.2) is 0 Å². The van der Waals surface area contributed by atoms with Crippen LogP contribution in [0.1, 0.15) is 27.7 Å². The first-order valence-corrected chi connectivity index (χ1v) is 5.44. The predicted molar refractivity (Wildman–Crippen MR) is 52.9 cm³/mol. The van der Waals surface area contributed by atoms with Gasteiger partial charge in [0.25, 0.3) is 0 Å². The van der Waals surface area contributed by atoms with Crippen molar-refractivity contribution >= 4 is 11.8 Å². The van der Waals surface area contributed by atoms with Gasteiger partial charge in [0.1, 0.15) is 0 Å². The minimum absolute atomic E-state index is 1.21. The van der Waals surface area contributed by atoms with Crippen molar-refractivity contribution in [2.24, 2.45) is 0 Å². The maximum Gasteiger partial charge on any atom is 0.00585 e. The van der Waals surface area contributed by atoms with Crippen LogP contribution in [0.3, 0.4) is 0 Å². The van der Waals surface area contributed by atoms with Crippen molar-refractivity contribution in [1.29, 1.82) is 0 Å². The van der Waals surface area contributed by atoms with Gasteiger partial charge in [-0.2, -0.15) is 11.8 Å². The summed E-state index contributed by atoms with van der Waals surface area (Å²) in [5.74, 6) is 2.61. The molecule has 2 heteroatoms. The molecule has 0 amide bonds. The van der Waals surface area contributed by atoms with Gasteiger partial charge < -0.3 is 5.32 Å². The quantitative estimate of drug-likeness (QED) is 0.588. The van der Waals surface area contributed by atoms with E-state index in [1.807, 2.05) is 39.5 Å². The molecule has 0 unspecified atom stereocenters. The molecule has 1 heterocycles. The molecule has 0 bridgehead atoms. The van der Waals surface area contributed by atoms with Gasteiger partial charge in [-0.1, -0.05) is 27.7 Å². The first-order chi connectivity index (χ1) is 5.00. The number of thioether (sulfide) groups is 1. The van der Waals surface area contributed by atoms with Crippen LogP contribution < -0.4 is 5.32 Å². The van der Waals surface area contributed by atoms with E-state index in [-0.39, 0.29) is 0 Å². The lowest BCUT2D eigenvalue weighted by Crippen LogP contribution is -2.24. The fraction of sp³-hybridized carbons (Fsp3) is 1.00. The van der Waals surface area contributed by atoms with E-state index in [0.717, 1.165) is 0 Å². The van der Waals surface area contributed by atoms with Gasteiger partial charge in [0.05, 0.1) is 0 Å². The highest BCUT2D eigenvalue weighted by atomic mass is 32.2. The molecule has 1 nitrogen and oxygen atoms in total. The van der Waals surface area contributed by atoms with Crippen LogP contribution in [0, 0.1) is 0 Å². The van der Waals surface area contributed by atoms with E-state index in [2.05, 4.69) is 5.32 Å². The first-order valence-electron chi connectivity index (χ1n) is 4.28. The van der Waals surface area contributed by atoms with Gasteiger partial charge >= 0.3 is 0 Å². The van der Waals surface area contributed by atoms with Crippen LogP contribution in [-0.2, 0) is 0 Å². The summed E-state index contributed by atoms with van der Waals surface area (Å²) in [5.41, 5.74) is 0. The zero-order valence-electron chi connectivity index (χ0n) is 7.74. The predicted octanol–water partition coefficient (Wildman–Crippen LogP) is 2.38. The molecule has 0 atom stereocenters. The molecule has 0 spiro atoms. The third-order valence-corrected chi connectivity index (χ3v) is 1.83. The second-order valence-corrected chi connectivity index (χ2v) is 2.59. The Bertz CT molecular complexity index is 24.7. The van der Waals surface area contributed by atoms with Crippen LogP contribution in [-0.4, -0.2) is 24.6 Å². The molecular weight excluding hydrogens is 142 g/mol. The number of rotatable bonds is 0. The molecule has 0 aromatic rings. The molecular formula is C8H21NS. The highest BCUT2D eigenvalue weighted by molar-refractivity contribution is 7.99. The molecule has 1 fully saturated rings. The second kappa shape index (κ2) is 16.1. The van der Waals surface area contributed by atoms with Gasteiger partial charge in [-0.15, -0.1) is 0 Å². The summed E-state index contributed by atoms with van der Waals surface area (Å²) in [6.07, 6.45) is 0. The van der Waals surface area contributed by atoms with Crippen LogP contribution in [0.4, 0.5) is 0 Å². The van der Waals surface area contributed by atoms with Crippen molar-refractivity contribution in [3.63, 3.8) is 0 Å². The molecule has 10 heavy (non-hydrogen) atoms. The number of nitrogens with one attached hydrogen (secondary N) is 1. The van der Waals surface area contributed by atoms with Crippen molar-refractivity contribution in [3.05, 3.63) is 0 Å². The van der Waals surface area contributed by atoms with Crippen LogP contribution in [0.2, 0.25) is 0 Å². The van der Waals surface area contributed by atoms with Gasteiger partial charge in [0.2, 0.25) is 0 Å². The summed E-state index contributed by atoms with van der Waals surface area (Å²) >= 11 is 2.03. The fourth-order valence-corrected chi connectivity index (χ4v) is 1.30. The van der Waals surface area contributed by atoms with Crippen LogP contribution in [0.25, 0.3) is 0 Å². The molecule has 1 aliphatic rings. The Hall–Kier alpha value is 0.310. The molecule has 1 N–H and O–H groups in total. The van der Waals surface area contributed by atoms with E-state index in [1.165, 1.54) is 24.6 Å². The Morgan fingerprint density at radius 2 is 1.30 bits per heavy atom. The zero-order valence-corrected chi connectivity index (χ0v) is 8.55. The van der Waals surface area contributed by atoms with Crippen LogP contribution >= 0.6 is 11.8 Å². The Morgan fingerprint density at radius 1 is 0.900 bits per heavy atom. The number of hydrogen-bond donors (Lipinski definition) is 1. The van der Waals surface area contributed by atoms with E-state index in [4.69, 9.17) is 0 Å². The summed E-state index contributed by atoms with van der Waals surface area (Å²) in [7, 11) is 0. The third-order valence-electron chi connectivity index (χ3n) is 0.846. The summed E-state index contributed by atoms with van der Waals surface area (Å²) < 4.78 is 0. The van der Waals surface area contributed by atoms with Crippen molar-refractivity contribution in [2.75, 3.05) is 24.6 Å². The van der Waals surface area contributed by atoms with Crippen LogP contribution in [0.15, 0.2) is 0 Å². The maximum atomic E-state index is 3.26. The monoisotopic (exact) mass is 163 g/mol. The molecule has 0 saturated carbocycles. The van der Waals surface area contributed by atoms with Gasteiger partial charge in [-0.05, 0) is 0 Å². The lowest BCUT2D eigenvalue weighted by Gasteiger charge is -2.08. The van der Waals surface area contributed by atoms with Crippen molar-refractivity contribution in [3.8, 4) is 0 Å². The highest BCUT2D eigenvalue weighted by Crippen LogP contribution is 1.99. The van der Waals surface area contributed by atoms with Gasteiger partial charge in [-0.3, -0.25) is 0 Å². The standard InChI is InChI=1S/C4H9NS.2C2H6/c1-3-6-4-2-5-1;2*1-2/h5H,1-4H2;2*1-2H3. The van der Waals surface area contributed by atoms with E-state index in [9.17, 15) is 0 Å². The smallest absolute Gasteiger partial charge is 0.00585 e. The minimum Gasteiger partial charge on any atom is -0.315 e. The average Bonchev–Trinajstić information content (AvgIpc) is 2.14. The average molecular weight is 163 g/mol. The summed E-state index contributed by atoms with van der Waals surface area (Å²) in [6, 6.07) is 0. The summed E-state index contributed by atoms with van der Waals surface area (Å²) in [4.78, 5) is 0. The molecule has 1 rings (SSSR count). The second-order valence-electron chi connectivity index (χ2n) is 1.36.